The lowest BCUT2D eigenvalue weighted by atomic mass is 10.1. The highest BCUT2D eigenvalue weighted by Crippen LogP contribution is 2.36. The smallest absolute Gasteiger partial charge is 0.260 e. The Kier molecular flexibility index (Phi) is 4.54. The lowest BCUT2D eigenvalue weighted by Crippen LogP contribution is -2.30. The van der Waals surface area contributed by atoms with Gasteiger partial charge in [0, 0.05) is 11.8 Å². The van der Waals surface area contributed by atoms with Gasteiger partial charge in [-0.05, 0) is 58.3 Å². The van der Waals surface area contributed by atoms with E-state index in [9.17, 15) is 4.79 Å². The maximum atomic E-state index is 13.5. The van der Waals surface area contributed by atoms with Crippen molar-refractivity contribution in [1.29, 1.82) is 0 Å². The highest BCUT2D eigenvalue weighted by Gasteiger charge is 2.26. The predicted octanol–water partition coefficient (Wildman–Crippen LogP) is 6.37. The third-order valence-electron chi connectivity index (χ3n) is 4.97. The monoisotopic (exact) mass is 417 g/mol. The van der Waals surface area contributed by atoms with Crippen LogP contribution in [0.3, 0.4) is 0 Å². The Labute approximate surface area is 177 Å². The zero-order valence-corrected chi connectivity index (χ0v) is 16.9. The second-order valence-corrected chi connectivity index (χ2v) is 7.94. The molecule has 6 heteroatoms. The van der Waals surface area contributed by atoms with E-state index in [-0.39, 0.29) is 5.91 Å². The molecule has 5 rings (SSSR count). The molecule has 2 aromatic heterocycles. The number of carbonyl (C=O) groups is 1. The van der Waals surface area contributed by atoms with E-state index in [4.69, 9.17) is 11.6 Å². The molecule has 1 aliphatic rings. The number of hydrogen-bond acceptors (Lipinski definition) is 4. The molecule has 142 valence electrons. The van der Waals surface area contributed by atoms with Crippen molar-refractivity contribution in [1.82, 2.24) is 4.98 Å². The lowest BCUT2D eigenvalue weighted by Gasteiger charge is -2.23. The van der Waals surface area contributed by atoms with Crippen LogP contribution >= 0.6 is 22.9 Å². The first-order valence-electron chi connectivity index (χ1n) is 9.14. The molecule has 2 aromatic carbocycles. The van der Waals surface area contributed by atoms with Crippen LogP contribution in [-0.2, 0) is 6.54 Å². The molecule has 0 aliphatic carbocycles. The molecular weight excluding hydrogens is 402 g/mol. The summed E-state index contributed by atoms with van der Waals surface area (Å²) in [5.41, 5.74) is 5.16. The fourth-order valence-electron chi connectivity index (χ4n) is 3.50. The summed E-state index contributed by atoms with van der Waals surface area (Å²) in [4.78, 5) is 19.7. The molecule has 0 radical (unpaired) electrons. The number of anilines is 3. The van der Waals surface area contributed by atoms with Crippen LogP contribution in [0.25, 0.3) is 11.1 Å². The minimum Gasteiger partial charge on any atom is -0.338 e. The van der Waals surface area contributed by atoms with E-state index in [1.54, 1.807) is 22.4 Å². The van der Waals surface area contributed by atoms with Gasteiger partial charge in [-0.15, -0.1) is 0 Å². The van der Waals surface area contributed by atoms with E-state index >= 15 is 0 Å². The molecule has 29 heavy (non-hydrogen) atoms. The Bertz CT molecular complexity index is 1210. The number of hydrogen-bond donors (Lipinski definition) is 1. The number of nitrogens with zero attached hydrogens (tertiary/aromatic N) is 2. The van der Waals surface area contributed by atoms with E-state index in [1.165, 1.54) is 0 Å². The van der Waals surface area contributed by atoms with Gasteiger partial charge in [-0.25, -0.2) is 4.98 Å². The van der Waals surface area contributed by atoms with E-state index < -0.39 is 0 Å². The Morgan fingerprint density at radius 1 is 1.07 bits per heavy atom. The van der Waals surface area contributed by atoms with Gasteiger partial charge in [-0.2, -0.15) is 11.3 Å². The highest BCUT2D eigenvalue weighted by atomic mass is 35.5. The fourth-order valence-corrected chi connectivity index (χ4v) is 4.43. The highest BCUT2D eigenvalue weighted by molar-refractivity contribution is 7.08. The largest absolute Gasteiger partial charge is 0.338 e. The minimum absolute atomic E-state index is 0.141. The molecule has 0 atom stereocenters. The summed E-state index contributed by atoms with van der Waals surface area (Å²) in [7, 11) is 0. The third kappa shape index (κ3) is 3.28. The molecule has 1 aliphatic heterocycles. The fraction of sp³-hybridized carbons (Fsp3) is 0.0435. The lowest BCUT2D eigenvalue weighted by molar-refractivity contribution is 0.0985. The van der Waals surface area contributed by atoms with E-state index in [0.717, 1.165) is 33.9 Å². The SMILES string of the molecule is O=C(c1ccc(-c2ccsc2)cc1Cl)N1Cc2cccnc2Nc2ccccc21. The Morgan fingerprint density at radius 2 is 1.97 bits per heavy atom. The number of halogens is 1. The Morgan fingerprint density at radius 3 is 2.79 bits per heavy atom. The number of thiophene rings is 1. The molecule has 0 bridgehead atoms. The molecule has 0 saturated heterocycles. The van der Waals surface area contributed by atoms with Crippen LogP contribution in [-0.4, -0.2) is 10.9 Å². The van der Waals surface area contributed by atoms with Gasteiger partial charge in [0.05, 0.1) is 28.5 Å². The van der Waals surface area contributed by atoms with Crippen molar-refractivity contribution < 1.29 is 4.79 Å². The van der Waals surface area contributed by atoms with Crippen molar-refractivity contribution in [2.45, 2.75) is 6.54 Å². The topological polar surface area (TPSA) is 45.2 Å². The summed E-state index contributed by atoms with van der Waals surface area (Å²) in [5, 5.41) is 7.88. The van der Waals surface area contributed by atoms with Crippen molar-refractivity contribution in [3.05, 3.63) is 93.8 Å². The average Bonchev–Trinajstić information content (AvgIpc) is 3.22. The Hall–Kier alpha value is -3.15. The van der Waals surface area contributed by atoms with E-state index in [1.807, 2.05) is 66.0 Å². The number of carbonyl (C=O) groups excluding carboxylic acids is 1. The van der Waals surface area contributed by atoms with Gasteiger partial charge in [-0.3, -0.25) is 4.79 Å². The standard InChI is InChI=1S/C23H16ClN3OS/c24-19-12-15(17-9-11-29-14-17)7-8-18(19)23(28)27-13-16-4-3-10-25-22(16)26-20-5-1-2-6-21(20)27/h1-12,14H,13H2,(H,25,26). The first-order chi connectivity index (χ1) is 14.2. The summed E-state index contributed by atoms with van der Waals surface area (Å²) in [6.07, 6.45) is 1.74. The van der Waals surface area contributed by atoms with Crippen molar-refractivity contribution in [3.63, 3.8) is 0 Å². The molecule has 4 aromatic rings. The maximum Gasteiger partial charge on any atom is 0.260 e. The van der Waals surface area contributed by atoms with Crippen LogP contribution in [0, 0.1) is 0 Å². The zero-order chi connectivity index (χ0) is 19.8. The van der Waals surface area contributed by atoms with E-state index in [0.29, 0.717) is 17.1 Å². The average molecular weight is 418 g/mol. The van der Waals surface area contributed by atoms with Crippen LogP contribution in [0.1, 0.15) is 15.9 Å². The van der Waals surface area contributed by atoms with Crippen molar-refractivity contribution >= 4 is 46.0 Å². The number of aromatic nitrogens is 1. The van der Waals surface area contributed by atoms with Gasteiger partial charge in [0.15, 0.2) is 0 Å². The van der Waals surface area contributed by atoms with Gasteiger partial charge in [0.1, 0.15) is 5.82 Å². The van der Waals surface area contributed by atoms with Crippen molar-refractivity contribution in [2.24, 2.45) is 0 Å². The van der Waals surface area contributed by atoms with Crippen LogP contribution < -0.4 is 10.2 Å². The second-order valence-electron chi connectivity index (χ2n) is 6.75. The molecule has 1 N–H and O–H groups in total. The summed E-state index contributed by atoms with van der Waals surface area (Å²) in [6, 6.07) is 19.2. The van der Waals surface area contributed by atoms with Crippen LogP contribution in [0.4, 0.5) is 17.2 Å². The molecule has 3 heterocycles. The first kappa shape index (κ1) is 17.9. The number of pyridine rings is 1. The number of amides is 1. The summed E-state index contributed by atoms with van der Waals surface area (Å²) in [6.45, 7) is 0.411. The number of benzene rings is 2. The summed E-state index contributed by atoms with van der Waals surface area (Å²) < 4.78 is 0. The zero-order valence-electron chi connectivity index (χ0n) is 15.3. The van der Waals surface area contributed by atoms with E-state index in [2.05, 4.69) is 15.7 Å². The van der Waals surface area contributed by atoms with Crippen LogP contribution in [0.15, 0.2) is 77.6 Å². The number of nitrogens with one attached hydrogen (secondary N) is 1. The second kappa shape index (κ2) is 7.35. The molecule has 1 amide bonds. The van der Waals surface area contributed by atoms with Gasteiger partial charge < -0.3 is 10.2 Å². The van der Waals surface area contributed by atoms with Crippen molar-refractivity contribution in [3.8, 4) is 11.1 Å². The van der Waals surface area contributed by atoms with Crippen LogP contribution in [0.5, 0.6) is 0 Å². The molecular formula is C23H16ClN3OS. The molecule has 4 nitrogen and oxygen atoms in total. The molecule has 0 saturated carbocycles. The number of rotatable bonds is 2. The first-order valence-corrected chi connectivity index (χ1v) is 10.5. The number of para-hydroxylation sites is 2. The van der Waals surface area contributed by atoms with Crippen molar-refractivity contribution in [2.75, 3.05) is 10.2 Å². The number of fused-ring (bicyclic) bond motifs is 2. The summed E-state index contributed by atoms with van der Waals surface area (Å²) >= 11 is 8.19. The molecule has 0 fully saturated rings. The predicted molar refractivity (Wildman–Crippen MR) is 119 cm³/mol. The third-order valence-corrected chi connectivity index (χ3v) is 5.96. The summed E-state index contributed by atoms with van der Waals surface area (Å²) in [5.74, 6) is 0.618. The minimum atomic E-state index is -0.141. The van der Waals surface area contributed by atoms with Gasteiger partial charge in [0.25, 0.3) is 5.91 Å². The van der Waals surface area contributed by atoms with Gasteiger partial charge >= 0.3 is 0 Å². The van der Waals surface area contributed by atoms with Gasteiger partial charge in [0.2, 0.25) is 0 Å². The van der Waals surface area contributed by atoms with Crippen LogP contribution in [0.2, 0.25) is 5.02 Å². The van der Waals surface area contributed by atoms with Gasteiger partial charge in [-0.1, -0.05) is 35.9 Å². The molecule has 0 spiro atoms. The Balaban J connectivity index is 1.57. The quantitative estimate of drug-likeness (QED) is 0.412. The normalized spacial score (nSPS) is 12.5. The maximum absolute atomic E-state index is 13.5. The molecule has 0 unspecified atom stereocenters.